The number of rotatable bonds is 5. The molecule has 0 unspecified atom stereocenters. The first-order valence-corrected chi connectivity index (χ1v) is 8.58. The van der Waals surface area contributed by atoms with E-state index in [-0.39, 0.29) is 5.91 Å². The molecule has 5 nitrogen and oxygen atoms in total. The normalized spacial score (nSPS) is 10.6. The number of nitrogens with zero attached hydrogens (tertiary/aromatic N) is 2. The Bertz CT molecular complexity index is 753. The minimum atomic E-state index is -0.0721. The van der Waals surface area contributed by atoms with Crippen LogP contribution in [0.1, 0.15) is 12.3 Å². The molecule has 22 heavy (non-hydrogen) atoms. The fourth-order valence-electron chi connectivity index (χ4n) is 1.84. The summed E-state index contributed by atoms with van der Waals surface area (Å²) in [6, 6.07) is 11.5. The summed E-state index contributed by atoms with van der Waals surface area (Å²) in [6.45, 7) is 0. The number of thiophene rings is 1. The van der Waals surface area contributed by atoms with Crippen molar-refractivity contribution in [1.29, 1.82) is 0 Å². The molecule has 2 heterocycles. The summed E-state index contributed by atoms with van der Waals surface area (Å²) in [7, 11) is 0. The molecule has 0 radical (unpaired) electrons. The Morgan fingerprint density at radius 3 is 2.82 bits per heavy atom. The van der Waals surface area contributed by atoms with E-state index >= 15 is 0 Å². The van der Waals surface area contributed by atoms with Crippen molar-refractivity contribution < 1.29 is 9.32 Å². The number of hydrogen-bond donors (Lipinski definition) is 1. The number of benzene rings is 1. The lowest BCUT2D eigenvalue weighted by Gasteiger charge is -2.03. The van der Waals surface area contributed by atoms with Gasteiger partial charge in [-0.2, -0.15) is 4.98 Å². The molecule has 0 aliphatic carbocycles. The second-order valence-electron chi connectivity index (χ2n) is 4.54. The highest BCUT2D eigenvalue weighted by Crippen LogP contribution is 2.21. The van der Waals surface area contributed by atoms with Gasteiger partial charge in [0.2, 0.25) is 17.6 Å². The summed E-state index contributed by atoms with van der Waals surface area (Å²) >= 11 is 3.77. The first kappa shape index (κ1) is 15.2. The predicted molar refractivity (Wildman–Crippen MR) is 93.7 cm³/mol. The first-order valence-electron chi connectivity index (χ1n) is 6.62. The molecule has 112 valence electrons. The van der Waals surface area contributed by atoms with Gasteiger partial charge >= 0.3 is 0 Å². The molecule has 0 aliphatic heterocycles. The van der Waals surface area contributed by atoms with E-state index < -0.39 is 0 Å². The van der Waals surface area contributed by atoms with Gasteiger partial charge in [-0.3, -0.25) is 4.79 Å². The zero-order valence-corrected chi connectivity index (χ0v) is 14.4. The van der Waals surface area contributed by atoms with Crippen molar-refractivity contribution in [3.63, 3.8) is 0 Å². The van der Waals surface area contributed by atoms with Gasteiger partial charge in [0, 0.05) is 22.1 Å². The van der Waals surface area contributed by atoms with Gasteiger partial charge in [-0.1, -0.05) is 11.2 Å². The maximum Gasteiger partial charge on any atom is 0.227 e. The van der Waals surface area contributed by atoms with Crippen molar-refractivity contribution in [3.05, 3.63) is 51.2 Å². The van der Waals surface area contributed by atoms with Crippen LogP contribution < -0.4 is 5.32 Å². The largest absolute Gasteiger partial charge is 0.339 e. The molecule has 0 saturated carbocycles. The lowest BCUT2D eigenvalue weighted by Crippen LogP contribution is -2.12. The highest BCUT2D eigenvalue weighted by atomic mass is 127. The number of carbonyl (C=O) groups is 1. The Kier molecular flexibility index (Phi) is 4.84. The number of hydrogen-bond acceptors (Lipinski definition) is 5. The quantitative estimate of drug-likeness (QED) is 0.629. The fraction of sp³-hybridized carbons (Fsp3) is 0.133. The third kappa shape index (κ3) is 3.92. The van der Waals surface area contributed by atoms with Gasteiger partial charge < -0.3 is 9.84 Å². The van der Waals surface area contributed by atoms with Crippen LogP contribution in [0, 0.1) is 3.57 Å². The molecule has 1 amide bonds. The molecule has 0 bridgehead atoms. The third-order valence-corrected chi connectivity index (χ3v) is 4.49. The zero-order valence-electron chi connectivity index (χ0n) is 11.5. The van der Waals surface area contributed by atoms with Gasteiger partial charge in [0.25, 0.3) is 0 Å². The molecule has 1 N–H and O–H groups in total. The van der Waals surface area contributed by atoms with Crippen molar-refractivity contribution in [2.45, 2.75) is 12.8 Å². The van der Waals surface area contributed by atoms with Crippen LogP contribution in [0.3, 0.4) is 0 Å². The van der Waals surface area contributed by atoms with Crippen LogP contribution in [0.4, 0.5) is 5.69 Å². The summed E-state index contributed by atoms with van der Waals surface area (Å²) in [5.41, 5.74) is 0.787. The van der Waals surface area contributed by atoms with Crippen LogP contribution in [0.15, 0.2) is 46.3 Å². The summed E-state index contributed by atoms with van der Waals surface area (Å²) in [6.07, 6.45) is 0.729. The molecular formula is C15H12IN3O2S. The zero-order chi connectivity index (χ0) is 15.4. The molecular weight excluding hydrogens is 413 g/mol. The number of carbonyl (C=O) groups excluding carboxylic acids is 1. The van der Waals surface area contributed by atoms with Gasteiger partial charge in [0.15, 0.2) is 0 Å². The lowest BCUT2D eigenvalue weighted by molar-refractivity contribution is -0.116. The predicted octanol–water partition coefficient (Wildman–Crippen LogP) is 3.97. The Morgan fingerprint density at radius 1 is 1.27 bits per heavy atom. The van der Waals surface area contributed by atoms with Gasteiger partial charge in [0.1, 0.15) is 0 Å². The van der Waals surface area contributed by atoms with E-state index in [0.29, 0.717) is 24.6 Å². The first-order chi connectivity index (χ1) is 10.7. The Morgan fingerprint density at radius 2 is 2.09 bits per heavy atom. The van der Waals surface area contributed by atoms with Crippen LogP contribution in [0.25, 0.3) is 10.7 Å². The Balaban J connectivity index is 1.54. The van der Waals surface area contributed by atoms with Crippen LogP contribution >= 0.6 is 33.9 Å². The van der Waals surface area contributed by atoms with E-state index in [1.807, 2.05) is 41.8 Å². The monoisotopic (exact) mass is 425 g/mol. The summed E-state index contributed by atoms with van der Waals surface area (Å²) in [4.78, 5) is 17.2. The van der Waals surface area contributed by atoms with E-state index in [1.54, 1.807) is 11.3 Å². The minimum absolute atomic E-state index is 0.0721. The molecule has 3 aromatic rings. The Labute approximate surface area is 144 Å². The van der Waals surface area contributed by atoms with Gasteiger partial charge in [-0.05, 0) is 58.3 Å². The molecule has 7 heteroatoms. The van der Waals surface area contributed by atoms with Crippen molar-refractivity contribution in [2.75, 3.05) is 5.32 Å². The van der Waals surface area contributed by atoms with E-state index in [1.165, 1.54) is 0 Å². The number of aryl methyl sites for hydroxylation is 1. The number of amides is 1. The molecule has 0 saturated heterocycles. The molecule has 3 rings (SSSR count). The van der Waals surface area contributed by atoms with Gasteiger partial charge in [0.05, 0.1) is 4.88 Å². The SMILES string of the molecule is O=C(CCc1nc(-c2cccs2)no1)Nc1ccc(I)cc1. The van der Waals surface area contributed by atoms with Crippen LogP contribution in [0.5, 0.6) is 0 Å². The van der Waals surface area contributed by atoms with E-state index in [9.17, 15) is 4.79 Å². The lowest BCUT2D eigenvalue weighted by atomic mass is 10.2. The van der Waals surface area contributed by atoms with Crippen molar-refractivity contribution in [1.82, 2.24) is 10.1 Å². The molecule has 0 aliphatic rings. The third-order valence-electron chi connectivity index (χ3n) is 2.90. The fourth-order valence-corrected chi connectivity index (χ4v) is 2.85. The molecule has 0 spiro atoms. The number of nitrogens with one attached hydrogen (secondary N) is 1. The number of halogens is 1. The summed E-state index contributed by atoms with van der Waals surface area (Å²) < 4.78 is 6.30. The smallest absolute Gasteiger partial charge is 0.227 e. The summed E-state index contributed by atoms with van der Waals surface area (Å²) in [5.74, 6) is 0.973. The average molecular weight is 425 g/mol. The van der Waals surface area contributed by atoms with Crippen LogP contribution in [-0.4, -0.2) is 16.0 Å². The number of anilines is 1. The van der Waals surface area contributed by atoms with Crippen LogP contribution in [-0.2, 0) is 11.2 Å². The van der Waals surface area contributed by atoms with E-state index in [4.69, 9.17) is 4.52 Å². The van der Waals surface area contributed by atoms with Crippen molar-refractivity contribution in [2.24, 2.45) is 0 Å². The molecule has 1 aromatic carbocycles. The highest BCUT2D eigenvalue weighted by Gasteiger charge is 2.11. The van der Waals surface area contributed by atoms with E-state index in [0.717, 1.165) is 14.1 Å². The van der Waals surface area contributed by atoms with Gasteiger partial charge in [-0.15, -0.1) is 11.3 Å². The molecule has 2 aromatic heterocycles. The van der Waals surface area contributed by atoms with Gasteiger partial charge in [-0.25, -0.2) is 0 Å². The highest BCUT2D eigenvalue weighted by molar-refractivity contribution is 14.1. The molecule has 0 atom stereocenters. The molecule has 0 fully saturated rings. The standard InChI is InChI=1S/C15H12IN3O2S/c16-10-3-5-11(6-4-10)17-13(20)7-8-14-18-15(19-21-14)12-2-1-9-22-12/h1-6,9H,7-8H2,(H,17,20). The van der Waals surface area contributed by atoms with Crippen molar-refractivity contribution >= 4 is 45.5 Å². The second kappa shape index (κ2) is 7.01. The van der Waals surface area contributed by atoms with Crippen molar-refractivity contribution in [3.8, 4) is 10.7 Å². The summed E-state index contributed by atoms with van der Waals surface area (Å²) in [5, 5.41) is 8.72. The average Bonchev–Trinajstić information content (AvgIpc) is 3.18. The topological polar surface area (TPSA) is 68.0 Å². The Hall–Kier alpha value is -1.74. The second-order valence-corrected chi connectivity index (χ2v) is 6.74. The maximum atomic E-state index is 11.9. The minimum Gasteiger partial charge on any atom is -0.339 e. The van der Waals surface area contributed by atoms with E-state index in [2.05, 4.69) is 38.0 Å². The van der Waals surface area contributed by atoms with Crippen LogP contribution in [0.2, 0.25) is 0 Å². The number of aromatic nitrogens is 2. The maximum absolute atomic E-state index is 11.9.